The van der Waals surface area contributed by atoms with Gasteiger partial charge in [-0.3, -0.25) is 9.59 Å². The molecule has 0 aromatic rings. The predicted molar refractivity (Wildman–Crippen MR) is 77.3 cm³/mol. The minimum Gasteiger partial charge on any atom is -0.458 e. The molecule has 1 heterocycles. The maximum Gasteiger partial charge on any atom is 0.312 e. The van der Waals surface area contributed by atoms with Gasteiger partial charge in [-0.2, -0.15) is 0 Å². The molecule has 118 valence electrons. The second kappa shape index (κ2) is 4.47. The summed E-state index contributed by atoms with van der Waals surface area (Å²) in [5.74, 6) is 0.495. The van der Waals surface area contributed by atoms with Gasteiger partial charge in [0.25, 0.3) is 0 Å². The molecule has 0 bridgehead atoms. The van der Waals surface area contributed by atoms with Crippen LogP contribution >= 0.6 is 0 Å². The molecule has 0 spiro atoms. The van der Waals surface area contributed by atoms with E-state index in [1.165, 1.54) is 0 Å². The smallest absolute Gasteiger partial charge is 0.312 e. The molecule has 0 aromatic carbocycles. The second-order valence-electron chi connectivity index (χ2n) is 8.12. The summed E-state index contributed by atoms with van der Waals surface area (Å²) in [4.78, 5) is 24.6. The van der Waals surface area contributed by atoms with Crippen LogP contribution < -0.4 is 0 Å². The van der Waals surface area contributed by atoms with Crippen LogP contribution in [0.3, 0.4) is 0 Å². The molecule has 3 fully saturated rings. The van der Waals surface area contributed by atoms with E-state index >= 15 is 0 Å². The van der Waals surface area contributed by atoms with E-state index in [4.69, 9.17) is 9.47 Å². The lowest BCUT2D eigenvalue weighted by molar-refractivity contribution is -0.207. The fraction of sp³-hybridized carbons (Fsp3) is 0.882. The molecule has 3 rings (SSSR count). The highest BCUT2D eigenvalue weighted by molar-refractivity contribution is 5.81. The highest BCUT2D eigenvalue weighted by atomic mass is 16.6. The van der Waals surface area contributed by atoms with Gasteiger partial charge in [-0.25, -0.2) is 0 Å². The van der Waals surface area contributed by atoms with Crippen LogP contribution in [-0.4, -0.2) is 24.1 Å². The molecule has 2 aliphatic carbocycles. The molecule has 2 saturated carbocycles. The first-order valence-corrected chi connectivity index (χ1v) is 8.12. The molecule has 4 heteroatoms. The van der Waals surface area contributed by atoms with E-state index in [0.29, 0.717) is 5.92 Å². The van der Waals surface area contributed by atoms with Crippen molar-refractivity contribution in [2.45, 2.75) is 66.1 Å². The lowest BCUT2D eigenvalue weighted by atomic mass is 9.52. The van der Waals surface area contributed by atoms with Gasteiger partial charge in [-0.1, -0.05) is 20.3 Å². The fourth-order valence-electron chi connectivity index (χ4n) is 4.10. The maximum absolute atomic E-state index is 12.5. The minimum absolute atomic E-state index is 0.0936. The highest BCUT2D eigenvalue weighted by Gasteiger charge is 2.70. The van der Waals surface area contributed by atoms with Crippen molar-refractivity contribution in [1.29, 1.82) is 0 Å². The van der Waals surface area contributed by atoms with Gasteiger partial charge < -0.3 is 9.47 Å². The molecular weight excluding hydrogens is 268 g/mol. The summed E-state index contributed by atoms with van der Waals surface area (Å²) in [6.07, 6.45) is 2.52. The summed E-state index contributed by atoms with van der Waals surface area (Å²) >= 11 is 0. The molecule has 21 heavy (non-hydrogen) atoms. The minimum atomic E-state index is -0.508. The van der Waals surface area contributed by atoms with Crippen molar-refractivity contribution in [3.8, 4) is 0 Å². The number of hydrogen-bond donors (Lipinski definition) is 0. The number of esters is 2. The second-order valence-corrected chi connectivity index (χ2v) is 8.12. The van der Waals surface area contributed by atoms with E-state index in [1.54, 1.807) is 0 Å². The topological polar surface area (TPSA) is 52.6 Å². The fourth-order valence-corrected chi connectivity index (χ4v) is 4.10. The molecule has 1 saturated heterocycles. The highest BCUT2D eigenvalue weighted by Crippen LogP contribution is 2.61. The Morgan fingerprint density at radius 3 is 2.71 bits per heavy atom. The normalized spacial score (nSPS) is 41.3. The Labute approximate surface area is 126 Å². The zero-order valence-corrected chi connectivity index (χ0v) is 13.6. The largest absolute Gasteiger partial charge is 0.458 e. The van der Waals surface area contributed by atoms with Crippen LogP contribution in [-0.2, 0) is 19.1 Å². The summed E-state index contributed by atoms with van der Waals surface area (Å²) in [6, 6.07) is 0. The third kappa shape index (κ3) is 1.87. The number of carbonyl (C=O) groups is 2. The van der Waals surface area contributed by atoms with Crippen LogP contribution in [0.4, 0.5) is 0 Å². The van der Waals surface area contributed by atoms with Crippen molar-refractivity contribution in [2.75, 3.05) is 0 Å². The van der Waals surface area contributed by atoms with Crippen molar-refractivity contribution < 1.29 is 19.1 Å². The SMILES string of the molecule is CC(C)C(C)(C)C(=O)OC1C2CCCC3(C)C(=O)OC1C23. The summed E-state index contributed by atoms with van der Waals surface area (Å²) in [5.41, 5.74) is -0.851. The molecule has 0 aromatic heterocycles. The number of rotatable bonds is 3. The van der Waals surface area contributed by atoms with Gasteiger partial charge >= 0.3 is 11.9 Å². The Morgan fingerprint density at radius 2 is 2.10 bits per heavy atom. The van der Waals surface area contributed by atoms with Crippen LogP contribution in [0.15, 0.2) is 0 Å². The van der Waals surface area contributed by atoms with Gasteiger partial charge in [-0.05, 0) is 39.5 Å². The molecule has 5 unspecified atom stereocenters. The van der Waals surface area contributed by atoms with E-state index in [-0.39, 0.29) is 41.4 Å². The van der Waals surface area contributed by atoms with Crippen molar-refractivity contribution in [3.63, 3.8) is 0 Å². The van der Waals surface area contributed by atoms with Gasteiger partial charge in [0.05, 0.1) is 10.8 Å². The first kappa shape index (κ1) is 14.9. The average molecular weight is 294 g/mol. The molecule has 3 aliphatic rings. The Hall–Kier alpha value is -1.06. The van der Waals surface area contributed by atoms with E-state index in [1.807, 2.05) is 34.6 Å². The summed E-state index contributed by atoms with van der Waals surface area (Å²) in [6.45, 7) is 9.90. The van der Waals surface area contributed by atoms with E-state index in [9.17, 15) is 9.59 Å². The molecule has 0 N–H and O–H groups in total. The van der Waals surface area contributed by atoms with Gasteiger partial charge in [-0.15, -0.1) is 0 Å². The molecule has 0 radical (unpaired) electrons. The van der Waals surface area contributed by atoms with Gasteiger partial charge in [0.2, 0.25) is 0 Å². The van der Waals surface area contributed by atoms with E-state index in [2.05, 4.69) is 0 Å². The van der Waals surface area contributed by atoms with Crippen molar-refractivity contribution >= 4 is 11.9 Å². The molecule has 5 atom stereocenters. The Balaban J connectivity index is 1.75. The van der Waals surface area contributed by atoms with Gasteiger partial charge in [0, 0.05) is 11.8 Å². The van der Waals surface area contributed by atoms with Crippen molar-refractivity contribution in [3.05, 3.63) is 0 Å². The Bertz CT molecular complexity index is 481. The summed E-state index contributed by atoms with van der Waals surface area (Å²) in [7, 11) is 0. The van der Waals surface area contributed by atoms with Crippen LogP contribution in [0.5, 0.6) is 0 Å². The Kier molecular flexibility index (Phi) is 3.16. The third-order valence-electron chi connectivity index (χ3n) is 6.45. The predicted octanol–water partition coefficient (Wildman–Crippen LogP) is 2.94. The number of hydrogen-bond acceptors (Lipinski definition) is 4. The first-order valence-electron chi connectivity index (χ1n) is 8.12. The van der Waals surface area contributed by atoms with Crippen LogP contribution in [0.2, 0.25) is 0 Å². The third-order valence-corrected chi connectivity index (χ3v) is 6.45. The van der Waals surface area contributed by atoms with E-state index in [0.717, 1.165) is 19.3 Å². The standard InChI is InChI=1S/C17H26O4/c1-9(2)16(3,4)14(18)20-12-10-7-6-8-17(5)11(10)13(12)21-15(17)19/h9-13H,6-8H2,1-5H3. The maximum atomic E-state index is 12.5. The molecule has 1 aliphatic heterocycles. The van der Waals surface area contributed by atoms with Crippen molar-refractivity contribution in [2.24, 2.45) is 28.6 Å². The van der Waals surface area contributed by atoms with Gasteiger partial charge in [0.15, 0.2) is 0 Å². The Morgan fingerprint density at radius 1 is 1.43 bits per heavy atom. The lowest BCUT2D eigenvalue weighted by Crippen LogP contribution is -2.61. The zero-order chi connectivity index (χ0) is 15.6. The molecular formula is C17H26O4. The average Bonchev–Trinajstić information content (AvgIpc) is 2.66. The summed E-state index contributed by atoms with van der Waals surface area (Å²) < 4.78 is 11.3. The van der Waals surface area contributed by atoms with E-state index < -0.39 is 5.41 Å². The quantitative estimate of drug-likeness (QED) is 0.751. The molecule has 4 nitrogen and oxygen atoms in total. The van der Waals surface area contributed by atoms with Gasteiger partial charge in [0.1, 0.15) is 12.2 Å². The number of ether oxygens (including phenoxy) is 2. The van der Waals surface area contributed by atoms with Crippen LogP contribution in [0.1, 0.15) is 53.9 Å². The first-order chi connectivity index (χ1) is 9.69. The van der Waals surface area contributed by atoms with Crippen LogP contribution in [0.25, 0.3) is 0 Å². The number of carbonyl (C=O) groups excluding carboxylic acids is 2. The zero-order valence-electron chi connectivity index (χ0n) is 13.6. The van der Waals surface area contributed by atoms with Crippen LogP contribution in [0, 0.1) is 28.6 Å². The monoisotopic (exact) mass is 294 g/mol. The van der Waals surface area contributed by atoms with Crippen molar-refractivity contribution in [1.82, 2.24) is 0 Å². The molecule has 0 amide bonds. The lowest BCUT2D eigenvalue weighted by Gasteiger charge is -2.52. The summed E-state index contributed by atoms with van der Waals surface area (Å²) in [5, 5.41) is 0.